The van der Waals surface area contributed by atoms with Crippen LogP contribution in [0.25, 0.3) is 0 Å². The van der Waals surface area contributed by atoms with Crippen molar-refractivity contribution in [3.63, 3.8) is 0 Å². The first-order valence-electron chi connectivity index (χ1n) is 3.35. The average Bonchev–Trinajstić information content (AvgIpc) is 2.19. The fourth-order valence-corrected chi connectivity index (χ4v) is 1.70. The van der Waals surface area contributed by atoms with Crippen LogP contribution >= 0.6 is 23.9 Å². The second-order valence-corrected chi connectivity index (χ2v) is 3.65. The van der Waals surface area contributed by atoms with Gasteiger partial charge < -0.3 is 0 Å². The number of benzene rings is 1. The van der Waals surface area contributed by atoms with Gasteiger partial charge in [0.15, 0.2) is 10.8 Å². The van der Waals surface area contributed by atoms with Gasteiger partial charge >= 0.3 is 0 Å². The van der Waals surface area contributed by atoms with Gasteiger partial charge in [-0.2, -0.15) is 10.5 Å². The van der Waals surface area contributed by atoms with Crippen LogP contribution in [0.5, 0.6) is 0 Å². The largest absolute Gasteiger partial charge is 0.232 e. The van der Waals surface area contributed by atoms with Crippen molar-refractivity contribution in [2.24, 2.45) is 0 Å². The van der Waals surface area contributed by atoms with Crippen molar-refractivity contribution in [3.05, 3.63) is 30.3 Å². The third-order valence-corrected chi connectivity index (χ3v) is 2.58. The van der Waals surface area contributed by atoms with E-state index in [1.165, 1.54) is 0 Å². The van der Waals surface area contributed by atoms with Crippen LogP contribution in [-0.4, -0.2) is 0 Å². The summed E-state index contributed by atoms with van der Waals surface area (Å²) in [7, 11) is 0. The van der Waals surface area contributed by atoms with Crippen LogP contribution in [0.1, 0.15) is 0 Å². The van der Waals surface area contributed by atoms with Crippen molar-refractivity contribution < 1.29 is 0 Å². The van der Waals surface area contributed by atoms with Crippen LogP contribution in [0.15, 0.2) is 30.3 Å². The molecule has 13 heavy (non-hydrogen) atoms. The van der Waals surface area contributed by atoms with Gasteiger partial charge in [-0.15, -0.1) is 0 Å². The van der Waals surface area contributed by atoms with E-state index in [9.17, 15) is 0 Å². The average molecular weight is 207 g/mol. The summed E-state index contributed by atoms with van der Waals surface area (Å²) < 4.78 is 1.56. The Bertz CT molecular complexity index is 323. The number of rotatable bonds is 3. The van der Waals surface area contributed by atoms with E-state index >= 15 is 0 Å². The number of nitrogens with zero attached hydrogens (tertiary/aromatic N) is 3. The maximum absolute atomic E-state index is 8.47. The molecular formula is C8H5N3S2. The smallest absolute Gasteiger partial charge is 0.157 e. The minimum atomic E-state index is 0.834. The fraction of sp³-hybridized carbons (Fsp3) is 0. The van der Waals surface area contributed by atoms with Crippen LogP contribution in [0.4, 0.5) is 5.69 Å². The van der Waals surface area contributed by atoms with Gasteiger partial charge in [0, 0.05) is 0 Å². The molecule has 0 aliphatic carbocycles. The van der Waals surface area contributed by atoms with Crippen molar-refractivity contribution in [2.75, 3.05) is 3.71 Å². The molecule has 0 aromatic heterocycles. The molecule has 3 nitrogen and oxygen atoms in total. The van der Waals surface area contributed by atoms with Gasteiger partial charge in [-0.3, -0.25) is 0 Å². The SMILES string of the molecule is N#CSN(SC#N)c1ccccc1. The van der Waals surface area contributed by atoms with E-state index < -0.39 is 0 Å². The molecule has 1 aromatic carbocycles. The zero-order valence-corrected chi connectivity index (χ0v) is 8.18. The molecule has 0 bridgehead atoms. The Morgan fingerprint density at radius 2 is 1.54 bits per heavy atom. The highest BCUT2D eigenvalue weighted by Gasteiger charge is 2.06. The molecule has 0 fully saturated rings. The first kappa shape index (κ1) is 9.79. The third-order valence-electron chi connectivity index (χ3n) is 1.21. The normalized spacial score (nSPS) is 8.46. The Labute approximate surface area is 85.2 Å². The first-order valence-corrected chi connectivity index (χ1v) is 4.90. The summed E-state index contributed by atoms with van der Waals surface area (Å²) in [6.07, 6.45) is 0. The summed E-state index contributed by atoms with van der Waals surface area (Å²) in [5.41, 5.74) is 0.834. The lowest BCUT2D eigenvalue weighted by molar-refractivity contribution is 1.55. The number of nitriles is 2. The molecule has 0 saturated heterocycles. The summed E-state index contributed by atoms with van der Waals surface area (Å²) >= 11 is 1.87. The summed E-state index contributed by atoms with van der Waals surface area (Å²) in [4.78, 5) is 0. The molecule has 0 spiro atoms. The van der Waals surface area contributed by atoms with Gasteiger partial charge in [0.25, 0.3) is 0 Å². The van der Waals surface area contributed by atoms with Gasteiger partial charge in [0.05, 0.1) is 29.6 Å². The fourth-order valence-electron chi connectivity index (χ4n) is 0.748. The zero-order valence-electron chi connectivity index (χ0n) is 6.54. The molecule has 0 saturated carbocycles. The lowest BCUT2D eigenvalue weighted by Gasteiger charge is -2.12. The lowest BCUT2D eigenvalue weighted by atomic mass is 10.3. The van der Waals surface area contributed by atoms with Crippen molar-refractivity contribution in [3.8, 4) is 10.8 Å². The number of anilines is 1. The van der Waals surface area contributed by atoms with Gasteiger partial charge in [-0.05, 0) is 12.1 Å². The molecule has 0 N–H and O–H groups in total. The first-order chi connectivity index (χ1) is 6.38. The monoisotopic (exact) mass is 207 g/mol. The molecule has 0 radical (unpaired) electrons. The van der Waals surface area contributed by atoms with Gasteiger partial charge in [0.2, 0.25) is 0 Å². The molecule has 0 atom stereocenters. The Balaban J connectivity index is 2.78. The molecule has 0 aliphatic rings. The topological polar surface area (TPSA) is 50.8 Å². The van der Waals surface area contributed by atoms with E-state index in [-0.39, 0.29) is 0 Å². The second kappa shape index (κ2) is 5.36. The highest BCUT2D eigenvalue weighted by molar-refractivity contribution is 8.22. The third kappa shape index (κ3) is 2.90. The highest BCUT2D eigenvalue weighted by Crippen LogP contribution is 2.28. The van der Waals surface area contributed by atoms with E-state index in [1.54, 1.807) is 3.71 Å². The van der Waals surface area contributed by atoms with Gasteiger partial charge in [0.1, 0.15) is 0 Å². The second-order valence-electron chi connectivity index (χ2n) is 1.96. The minimum absolute atomic E-state index is 0.834. The van der Waals surface area contributed by atoms with Crippen LogP contribution in [0.3, 0.4) is 0 Å². The molecule has 5 heteroatoms. The summed E-state index contributed by atoms with van der Waals surface area (Å²) in [5, 5.41) is 20.8. The Morgan fingerprint density at radius 3 is 2.00 bits per heavy atom. The van der Waals surface area contributed by atoms with Gasteiger partial charge in [-0.25, -0.2) is 3.71 Å². The van der Waals surface area contributed by atoms with Crippen LogP contribution < -0.4 is 3.71 Å². The number of para-hydroxylation sites is 1. The van der Waals surface area contributed by atoms with Crippen molar-refractivity contribution in [2.45, 2.75) is 0 Å². The molecule has 1 rings (SSSR count). The quantitative estimate of drug-likeness (QED) is 0.563. The molecule has 0 heterocycles. The molecule has 0 aliphatic heterocycles. The predicted octanol–water partition coefficient (Wildman–Crippen LogP) is 2.75. The summed E-state index contributed by atoms with van der Waals surface area (Å²) in [6, 6.07) is 9.29. The van der Waals surface area contributed by atoms with Gasteiger partial charge in [-0.1, -0.05) is 18.2 Å². The standard InChI is InChI=1S/C8H5N3S2/c9-6-12-11(13-7-10)8-4-2-1-3-5-8/h1-5H. The molecule has 0 amide bonds. The number of hydrogen-bond acceptors (Lipinski definition) is 5. The van der Waals surface area contributed by atoms with Crippen molar-refractivity contribution in [1.29, 1.82) is 10.5 Å². The van der Waals surface area contributed by atoms with Crippen LogP contribution in [0, 0.1) is 21.3 Å². The Morgan fingerprint density at radius 1 is 1.00 bits per heavy atom. The van der Waals surface area contributed by atoms with E-state index in [4.69, 9.17) is 10.5 Å². The van der Waals surface area contributed by atoms with Crippen molar-refractivity contribution >= 4 is 29.6 Å². The molecule has 0 unspecified atom stereocenters. The molecule has 1 aromatic rings. The van der Waals surface area contributed by atoms with E-state index in [2.05, 4.69) is 0 Å². The van der Waals surface area contributed by atoms with Crippen LogP contribution in [0.2, 0.25) is 0 Å². The number of thiocyanates is 2. The van der Waals surface area contributed by atoms with Crippen molar-refractivity contribution in [1.82, 2.24) is 0 Å². The van der Waals surface area contributed by atoms with E-state index in [0.29, 0.717) is 0 Å². The lowest BCUT2D eigenvalue weighted by Crippen LogP contribution is -1.99. The minimum Gasteiger partial charge on any atom is -0.232 e. The molecular weight excluding hydrogens is 202 g/mol. The van der Waals surface area contributed by atoms with E-state index in [0.717, 1.165) is 29.6 Å². The predicted molar refractivity (Wildman–Crippen MR) is 55.3 cm³/mol. The highest BCUT2D eigenvalue weighted by atomic mass is 32.2. The van der Waals surface area contributed by atoms with Crippen LogP contribution in [-0.2, 0) is 0 Å². The maximum Gasteiger partial charge on any atom is 0.157 e. The molecule has 64 valence electrons. The maximum atomic E-state index is 8.47. The summed E-state index contributed by atoms with van der Waals surface area (Å²) in [5.74, 6) is 0. The summed E-state index contributed by atoms with van der Waals surface area (Å²) in [6.45, 7) is 0. The Hall–Kier alpha value is -1.30. The van der Waals surface area contributed by atoms with E-state index in [1.807, 2.05) is 41.1 Å². The number of hydrogen-bond donors (Lipinski definition) is 0. The zero-order chi connectivity index (χ0) is 9.52. The Kier molecular flexibility index (Phi) is 4.04.